The quantitative estimate of drug-likeness (QED) is 0.0487. The van der Waals surface area contributed by atoms with Crippen LogP contribution in [0.15, 0.2) is 97.4 Å². The molecule has 2 amide bonds. The molecule has 0 radical (unpaired) electrons. The molecule has 0 spiro atoms. The summed E-state index contributed by atoms with van der Waals surface area (Å²) >= 11 is 0. The monoisotopic (exact) mass is 1220 g/mol. The molecular formula is C69H99N15O5. The number of fused-ring (bicyclic) bond motifs is 2. The summed E-state index contributed by atoms with van der Waals surface area (Å²) in [5.41, 5.74) is 7.55. The second-order valence-corrected chi connectivity index (χ2v) is 26.2. The number of nitrogens with zero attached hydrogens (tertiary/aromatic N) is 12. The van der Waals surface area contributed by atoms with E-state index in [2.05, 4.69) is 102 Å². The zero-order valence-electron chi connectivity index (χ0n) is 54.7. The average molecular weight is 1220 g/mol. The molecule has 4 saturated heterocycles. The third-order valence-electron chi connectivity index (χ3n) is 17.4. The number of ether oxygens (including phenoxy) is 2. The number of anilines is 3. The highest BCUT2D eigenvalue weighted by Crippen LogP contribution is 2.31. The molecule has 6 aromatic rings. The number of rotatable bonds is 24. The van der Waals surface area contributed by atoms with Crippen molar-refractivity contribution in [3.63, 3.8) is 0 Å². The Morgan fingerprint density at radius 2 is 1.17 bits per heavy atom. The number of likely N-dealkylation sites (tertiary alicyclic amines) is 4. The fourth-order valence-electron chi connectivity index (χ4n) is 12.1. The van der Waals surface area contributed by atoms with Gasteiger partial charge in [0.2, 0.25) is 17.7 Å². The number of ketones is 1. The van der Waals surface area contributed by atoms with Crippen LogP contribution in [0.25, 0.3) is 11.3 Å². The normalized spacial score (nSPS) is 18.7. The van der Waals surface area contributed by atoms with Crippen LogP contribution in [0.5, 0.6) is 11.8 Å². The molecule has 0 bridgehead atoms. The molecular weight excluding hydrogens is 1120 g/mol. The summed E-state index contributed by atoms with van der Waals surface area (Å²) in [6, 6.07) is 20.1. The van der Waals surface area contributed by atoms with Crippen molar-refractivity contribution in [1.29, 1.82) is 0 Å². The first-order valence-electron chi connectivity index (χ1n) is 32.5. The van der Waals surface area contributed by atoms with Crippen LogP contribution < -0.4 is 25.4 Å². The van der Waals surface area contributed by atoms with Crippen molar-refractivity contribution in [2.24, 2.45) is 5.92 Å². The van der Waals surface area contributed by atoms with Crippen LogP contribution in [0.3, 0.4) is 0 Å². The Kier molecular flexibility index (Phi) is 23.8. The maximum absolute atomic E-state index is 13.4. The van der Waals surface area contributed by atoms with Gasteiger partial charge in [0, 0.05) is 125 Å². The van der Waals surface area contributed by atoms with Crippen LogP contribution >= 0.6 is 0 Å². The van der Waals surface area contributed by atoms with Crippen molar-refractivity contribution in [2.75, 3.05) is 130 Å². The molecule has 0 aliphatic carbocycles. The first-order valence-corrected chi connectivity index (χ1v) is 32.5. The maximum Gasteiger partial charge on any atom is 0.253 e. The Balaban J connectivity index is 0.000000211. The molecule has 10 rings (SSSR count). The van der Waals surface area contributed by atoms with E-state index in [0.717, 1.165) is 143 Å². The summed E-state index contributed by atoms with van der Waals surface area (Å²) in [4.78, 5) is 61.0. The molecule has 4 aromatic heterocycles. The standard InChI is InChI=1S/C35H51N7O2.C34H48N8O3/c1-26(2)32-24-37-42-33(22-34(38-35(32)42)44-31-15-19-40(5)20-16-31)36-23-29-9-6-7-18-41(29)25-28-13-11-27(12-14-28)21-30(43)10-8-17-39(3)4;1-24(2)29-22-36-42-30(20-32(38-33(29)42)45-28-14-18-40(5)19-15-28)35-21-25-8-6-17-41(23-25)34(44)26-10-12-27(13-11-26)37-31(43)9-7-16-39(3)4/h8,10-14,22,24,26,29,31,36H,6-7,9,15-21,23,25H2,1-5H3;7,9-13,20,22,24-25,28,35H,6,8,14-19,21,23H2,1-5H3,(H,37,43)/b10-8+;9-7+. The average Bonchev–Trinajstić information content (AvgIpc) is 2.44. The van der Waals surface area contributed by atoms with Gasteiger partial charge in [0.15, 0.2) is 17.1 Å². The zero-order chi connectivity index (χ0) is 63.0. The van der Waals surface area contributed by atoms with Gasteiger partial charge in [-0.25, -0.2) is 0 Å². The van der Waals surface area contributed by atoms with Crippen molar-refractivity contribution in [3.05, 3.63) is 125 Å². The minimum absolute atomic E-state index is 0.0113. The van der Waals surface area contributed by atoms with E-state index >= 15 is 0 Å². The molecule has 20 heteroatoms. The van der Waals surface area contributed by atoms with E-state index in [1.165, 1.54) is 24.5 Å². The van der Waals surface area contributed by atoms with Gasteiger partial charge in [-0.15, -0.1) is 0 Å². The number of nitrogens with one attached hydrogen (secondary N) is 3. The SMILES string of the molecule is CC(C)c1cnn2c(NCC3CCCCN3Cc3ccc(CC(=O)/C=C/CN(C)C)cc3)cc(OC3CCN(C)CC3)nc12.CC(C)c1cnn2c(NCC3CCCN(C(=O)c4ccc(NC(=O)/C=C/CN(C)C)cc4)C3)cc(OC3CCN(C)CC3)nc12. The van der Waals surface area contributed by atoms with Crippen molar-refractivity contribution < 1.29 is 23.9 Å². The lowest BCUT2D eigenvalue weighted by Gasteiger charge is -2.36. The van der Waals surface area contributed by atoms with Crippen LogP contribution in [-0.4, -0.2) is 209 Å². The number of allylic oxidation sites excluding steroid dienone is 1. The fraction of sp³-hybridized carbons (Fsp3) is 0.551. The third kappa shape index (κ3) is 19.2. The van der Waals surface area contributed by atoms with Gasteiger partial charge in [0.25, 0.3) is 5.91 Å². The number of carbonyl (C=O) groups excluding carboxylic acids is 3. The van der Waals surface area contributed by atoms with E-state index < -0.39 is 0 Å². The predicted molar refractivity (Wildman–Crippen MR) is 356 cm³/mol. The Labute approximate surface area is 528 Å². The van der Waals surface area contributed by atoms with Gasteiger partial charge in [-0.2, -0.15) is 29.2 Å². The van der Waals surface area contributed by atoms with Crippen LogP contribution in [-0.2, 0) is 22.6 Å². The maximum atomic E-state index is 13.4. The lowest BCUT2D eigenvalue weighted by Crippen LogP contribution is -2.43. The Bertz CT molecular complexity index is 3300. The van der Waals surface area contributed by atoms with Crippen LogP contribution in [0.4, 0.5) is 17.3 Å². The zero-order valence-corrected chi connectivity index (χ0v) is 54.7. The Morgan fingerprint density at radius 3 is 1.72 bits per heavy atom. The molecule has 0 saturated carbocycles. The molecule has 20 nitrogen and oxygen atoms in total. The van der Waals surface area contributed by atoms with Gasteiger partial charge in [-0.3, -0.25) is 19.3 Å². The molecule has 4 aliphatic rings. The number of hydrogen-bond acceptors (Lipinski definition) is 16. The number of likely N-dealkylation sites (N-methyl/N-ethyl adjacent to an activating group) is 2. The van der Waals surface area contributed by atoms with Gasteiger partial charge in [0.05, 0.1) is 12.4 Å². The molecule has 4 aliphatic heterocycles. The molecule has 2 unspecified atom stereocenters. The molecule has 8 heterocycles. The molecule has 2 atom stereocenters. The number of benzene rings is 2. The second kappa shape index (κ2) is 32.0. The molecule has 480 valence electrons. The highest BCUT2D eigenvalue weighted by atomic mass is 16.5. The molecule has 3 N–H and O–H groups in total. The highest BCUT2D eigenvalue weighted by molar-refractivity contribution is 6.00. The minimum Gasteiger partial charge on any atom is -0.474 e. The van der Waals surface area contributed by atoms with Crippen molar-refractivity contribution in [3.8, 4) is 11.8 Å². The van der Waals surface area contributed by atoms with Crippen LogP contribution in [0, 0.1) is 5.92 Å². The number of carbonyl (C=O) groups is 3. The molecule has 89 heavy (non-hydrogen) atoms. The topological polar surface area (TPSA) is 186 Å². The highest BCUT2D eigenvalue weighted by Gasteiger charge is 2.28. The molecule has 4 fully saturated rings. The van der Waals surface area contributed by atoms with E-state index in [1.54, 1.807) is 30.3 Å². The number of piperidine rings is 4. The number of amides is 2. The molecule has 2 aromatic carbocycles. The Morgan fingerprint density at radius 1 is 0.629 bits per heavy atom. The first-order chi connectivity index (χ1) is 42.9. The summed E-state index contributed by atoms with van der Waals surface area (Å²) in [5, 5.41) is 19.6. The van der Waals surface area contributed by atoms with E-state index in [9.17, 15) is 14.4 Å². The van der Waals surface area contributed by atoms with Gasteiger partial charge in [0.1, 0.15) is 23.8 Å². The second-order valence-electron chi connectivity index (χ2n) is 26.2. The summed E-state index contributed by atoms with van der Waals surface area (Å²) in [7, 11) is 12.2. The first kappa shape index (κ1) is 66.2. The van der Waals surface area contributed by atoms with Gasteiger partial charge >= 0.3 is 0 Å². The van der Waals surface area contributed by atoms with E-state index in [1.807, 2.05) is 88.6 Å². The van der Waals surface area contributed by atoms with Crippen molar-refractivity contribution >= 4 is 46.2 Å². The van der Waals surface area contributed by atoms with E-state index in [0.29, 0.717) is 61.0 Å². The minimum atomic E-state index is -0.190. The van der Waals surface area contributed by atoms with Crippen molar-refractivity contribution in [2.45, 2.75) is 129 Å². The van der Waals surface area contributed by atoms with Gasteiger partial charge in [-0.05, 0) is 159 Å². The summed E-state index contributed by atoms with van der Waals surface area (Å²) in [6.45, 7) is 19.2. The predicted octanol–water partition coefficient (Wildman–Crippen LogP) is 9.37. The van der Waals surface area contributed by atoms with E-state index in [-0.39, 0.29) is 41.6 Å². The summed E-state index contributed by atoms with van der Waals surface area (Å²) in [6.07, 6.45) is 21.2. The smallest absolute Gasteiger partial charge is 0.253 e. The van der Waals surface area contributed by atoms with Crippen LogP contribution in [0.2, 0.25) is 0 Å². The fourth-order valence-corrected chi connectivity index (χ4v) is 12.1. The van der Waals surface area contributed by atoms with E-state index in [4.69, 9.17) is 24.5 Å². The largest absolute Gasteiger partial charge is 0.474 e. The van der Waals surface area contributed by atoms with Gasteiger partial charge in [-0.1, -0.05) is 70.5 Å². The third-order valence-corrected chi connectivity index (χ3v) is 17.4. The van der Waals surface area contributed by atoms with Crippen LogP contribution in [0.1, 0.15) is 130 Å². The summed E-state index contributed by atoms with van der Waals surface area (Å²) in [5.74, 6) is 3.97. The summed E-state index contributed by atoms with van der Waals surface area (Å²) < 4.78 is 16.7. The lowest BCUT2D eigenvalue weighted by atomic mass is 9.97. The van der Waals surface area contributed by atoms with Gasteiger partial charge < -0.3 is 49.9 Å². The number of aromatic nitrogens is 6. The van der Waals surface area contributed by atoms with Crippen molar-refractivity contribution in [1.82, 2.24) is 58.6 Å². The Hall–Kier alpha value is -7.23. The lowest BCUT2D eigenvalue weighted by molar-refractivity contribution is -0.114. The number of hydrogen-bond donors (Lipinski definition) is 3.